The number of benzene rings is 1. The number of epoxide rings is 1. The largest absolute Gasteiger partial charge is 0.496 e. The predicted molar refractivity (Wildman–Crippen MR) is 41.6 cm³/mol. The van der Waals surface area contributed by atoms with Crippen LogP contribution in [0.15, 0.2) is 18.2 Å². The third-order valence-electron chi connectivity index (χ3n) is 1.87. The highest BCUT2D eigenvalue weighted by Crippen LogP contribution is 2.36. The van der Waals surface area contributed by atoms with Crippen molar-refractivity contribution in [3.63, 3.8) is 0 Å². The Morgan fingerprint density at radius 1 is 1.58 bits per heavy atom. The lowest BCUT2D eigenvalue weighted by Gasteiger charge is -2.04. The van der Waals surface area contributed by atoms with Crippen LogP contribution in [0.3, 0.4) is 0 Å². The highest BCUT2D eigenvalue weighted by Gasteiger charge is 2.28. The SMILES string of the molecule is COc1ccc(F)cc1C1CO1. The second-order valence-corrected chi connectivity index (χ2v) is 2.71. The molecule has 1 atom stereocenters. The molecule has 0 spiro atoms. The van der Waals surface area contributed by atoms with Gasteiger partial charge in [0.15, 0.2) is 0 Å². The Balaban J connectivity index is 2.39. The van der Waals surface area contributed by atoms with E-state index in [9.17, 15) is 4.39 Å². The van der Waals surface area contributed by atoms with Gasteiger partial charge in [-0.15, -0.1) is 0 Å². The molecule has 1 saturated heterocycles. The maximum atomic E-state index is 12.8. The minimum atomic E-state index is -0.249. The molecule has 2 nitrogen and oxygen atoms in total. The van der Waals surface area contributed by atoms with E-state index in [0.29, 0.717) is 12.4 Å². The highest BCUT2D eigenvalue weighted by molar-refractivity contribution is 5.37. The van der Waals surface area contributed by atoms with Crippen LogP contribution in [0.4, 0.5) is 4.39 Å². The van der Waals surface area contributed by atoms with E-state index in [0.717, 1.165) is 5.56 Å². The van der Waals surface area contributed by atoms with Crippen molar-refractivity contribution < 1.29 is 13.9 Å². The van der Waals surface area contributed by atoms with Crippen LogP contribution >= 0.6 is 0 Å². The summed E-state index contributed by atoms with van der Waals surface area (Å²) in [5, 5.41) is 0. The van der Waals surface area contributed by atoms with Gasteiger partial charge in [-0.3, -0.25) is 0 Å². The van der Waals surface area contributed by atoms with Gasteiger partial charge in [-0.1, -0.05) is 0 Å². The molecule has 0 aromatic heterocycles. The van der Waals surface area contributed by atoms with Crippen LogP contribution in [0.1, 0.15) is 11.7 Å². The van der Waals surface area contributed by atoms with Crippen molar-refractivity contribution in [1.82, 2.24) is 0 Å². The molecule has 0 amide bonds. The minimum absolute atomic E-state index is 0.0376. The van der Waals surface area contributed by atoms with Crippen LogP contribution in [0.5, 0.6) is 5.75 Å². The molecule has 0 radical (unpaired) electrons. The molecule has 0 bridgehead atoms. The van der Waals surface area contributed by atoms with Crippen LogP contribution in [-0.2, 0) is 4.74 Å². The lowest BCUT2D eigenvalue weighted by molar-refractivity contribution is 0.381. The fourth-order valence-corrected chi connectivity index (χ4v) is 1.18. The summed E-state index contributed by atoms with van der Waals surface area (Å²) >= 11 is 0. The fraction of sp³-hybridized carbons (Fsp3) is 0.333. The zero-order valence-electron chi connectivity index (χ0n) is 6.71. The Labute approximate surface area is 69.9 Å². The van der Waals surface area contributed by atoms with Crippen molar-refractivity contribution in [2.45, 2.75) is 6.10 Å². The Morgan fingerprint density at radius 2 is 2.33 bits per heavy atom. The molecule has 1 heterocycles. The molecule has 2 rings (SSSR count). The van der Waals surface area contributed by atoms with Crippen LogP contribution in [-0.4, -0.2) is 13.7 Å². The second kappa shape index (κ2) is 2.75. The first-order valence-electron chi connectivity index (χ1n) is 3.76. The number of ether oxygens (including phenoxy) is 2. The van der Waals surface area contributed by atoms with Gasteiger partial charge in [0.25, 0.3) is 0 Å². The van der Waals surface area contributed by atoms with Crippen molar-refractivity contribution in [2.24, 2.45) is 0 Å². The van der Waals surface area contributed by atoms with Crippen molar-refractivity contribution in [3.05, 3.63) is 29.6 Å². The van der Waals surface area contributed by atoms with E-state index < -0.39 is 0 Å². The predicted octanol–water partition coefficient (Wildman–Crippen LogP) is 1.91. The third-order valence-corrected chi connectivity index (χ3v) is 1.87. The summed E-state index contributed by atoms with van der Waals surface area (Å²) in [6.45, 7) is 0.666. The number of rotatable bonds is 2. The standard InChI is InChI=1S/C9H9FO2/c1-11-8-3-2-6(10)4-7(8)9-5-12-9/h2-4,9H,5H2,1H3. The molecule has 1 aliphatic rings. The maximum absolute atomic E-state index is 12.8. The van der Waals surface area contributed by atoms with E-state index in [2.05, 4.69) is 0 Å². The van der Waals surface area contributed by atoms with Crippen LogP contribution in [0, 0.1) is 5.82 Å². The van der Waals surface area contributed by atoms with Gasteiger partial charge < -0.3 is 9.47 Å². The topological polar surface area (TPSA) is 21.8 Å². The molecule has 0 saturated carbocycles. The Morgan fingerprint density at radius 3 is 2.92 bits per heavy atom. The van der Waals surface area contributed by atoms with Gasteiger partial charge in [0.05, 0.1) is 13.7 Å². The molecular formula is C9H9FO2. The number of hydrogen-bond donors (Lipinski definition) is 0. The van der Waals surface area contributed by atoms with Crippen molar-refractivity contribution >= 4 is 0 Å². The molecule has 1 aromatic rings. The third kappa shape index (κ3) is 1.28. The second-order valence-electron chi connectivity index (χ2n) is 2.71. The summed E-state index contributed by atoms with van der Waals surface area (Å²) in [5.41, 5.74) is 0.803. The maximum Gasteiger partial charge on any atom is 0.124 e. The molecule has 0 N–H and O–H groups in total. The smallest absolute Gasteiger partial charge is 0.124 e. The van der Waals surface area contributed by atoms with E-state index in [1.807, 2.05) is 0 Å². The van der Waals surface area contributed by atoms with E-state index in [1.165, 1.54) is 12.1 Å². The Hall–Kier alpha value is -1.09. The quantitative estimate of drug-likeness (QED) is 0.629. The first-order chi connectivity index (χ1) is 5.81. The summed E-state index contributed by atoms with van der Waals surface area (Å²) < 4.78 is 22.9. The lowest BCUT2D eigenvalue weighted by Crippen LogP contribution is -1.91. The fourth-order valence-electron chi connectivity index (χ4n) is 1.18. The molecule has 1 fully saturated rings. The van der Waals surface area contributed by atoms with E-state index in [-0.39, 0.29) is 11.9 Å². The number of methoxy groups -OCH3 is 1. The zero-order valence-corrected chi connectivity index (χ0v) is 6.71. The summed E-state index contributed by atoms with van der Waals surface area (Å²) in [6, 6.07) is 4.45. The Kier molecular flexibility index (Phi) is 1.73. The first-order valence-corrected chi connectivity index (χ1v) is 3.76. The summed E-state index contributed by atoms with van der Waals surface area (Å²) in [7, 11) is 1.57. The average Bonchev–Trinajstić information content (AvgIpc) is 2.87. The average molecular weight is 168 g/mol. The van der Waals surface area contributed by atoms with Gasteiger partial charge in [0, 0.05) is 5.56 Å². The van der Waals surface area contributed by atoms with E-state index in [4.69, 9.17) is 9.47 Å². The zero-order chi connectivity index (χ0) is 8.55. The minimum Gasteiger partial charge on any atom is -0.496 e. The van der Waals surface area contributed by atoms with Gasteiger partial charge in [0.2, 0.25) is 0 Å². The van der Waals surface area contributed by atoms with Crippen LogP contribution in [0.2, 0.25) is 0 Å². The van der Waals surface area contributed by atoms with Crippen LogP contribution in [0.25, 0.3) is 0 Å². The molecule has 1 aliphatic heterocycles. The molecular weight excluding hydrogens is 159 g/mol. The van der Waals surface area contributed by atoms with Gasteiger partial charge >= 0.3 is 0 Å². The molecule has 1 aromatic carbocycles. The van der Waals surface area contributed by atoms with Gasteiger partial charge in [-0.25, -0.2) is 4.39 Å². The van der Waals surface area contributed by atoms with Gasteiger partial charge in [-0.2, -0.15) is 0 Å². The Bertz CT molecular complexity index is 295. The number of hydrogen-bond acceptors (Lipinski definition) is 2. The van der Waals surface area contributed by atoms with Crippen molar-refractivity contribution in [1.29, 1.82) is 0 Å². The van der Waals surface area contributed by atoms with Crippen molar-refractivity contribution in [2.75, 3.05) is 13.7 Å². The summed E-state index contributed by atoms with van der Waals surface area (Å²) in [4.78, 5) is 0. The molecule has 12 heavy (non-hydrogen) atoms. The summed E-state index contributed by atoms with van der Waals surface area (Å²) in [6.07, 6.45) is 0.0376. The lowest BCUT2D eigenvalue weighted by atomic mass is 10.1. The number of halogens is 1. The highest BCUT2D eigenvalue weighted by atomic mass is 19.1. The van der Waals surface area contributed by atoms with E-state index in [1.54, 1.807) is 13.2 Å². The van der Waals surface area contributed by atoms with Gasteiger partial charge in [-0.05, 0) is 18.2 Å². The van der Waals surface area contributed by atoms with Gasteiger partial charge in [0.1, 0.15) is 17.7 Å². The first kappa shape index (κ1) is 7.55. The normalized spacial score (nSPS) is 20.7. The van der Waals surface area contributed by atoms with E-state index >= 15 is 0 Å². The van der Waals surface area contributed by atoms with Crippen LogP contribution < -0.4 is 4.74 Å². The summed E-state index contributed by atoms with van der Waals surface area (Å²) in [5.74, 6) is 0.445. The molecule has 3 heteroatoms. The molecule has 64 valence electrons. The monoisotopic (exact) mass is 168 g/mol. The molecule has 1 unspecified atom stereocenters. The van der Waals surface area contributed by atoms with Crippen molar-refractivity contribution in [3.8, 4) is 5.75 Å². The molecule has 0 aliphatic carbocycles.